The van der Waals surface area contributed by atoms with Gasteiger partial charge < -0.3 is 15.5 Å². The summed E-state index contributed by atoms with van der Waals surface area (Å²) in [6, 6.07) is 7.30. The topological polar surface area (TPSA) is 87.2 Å². The molecule has 0 bridgehead atoms. The van der Waals surface area contributed by atoms with Crippen molar-refractivity contribution in [3.8, 4) is 0 Å². The van der Waals surface area contributed by atoms with Gasteiger partial charge in [-0.05, 0) is 49.9 Å². The summed E-state index contributed by atoms with van der Waals surface area (Å²) in [4.78, 5) is 26.4. The van der Waals surface area contributed by atoms with Gasteiger partial charge in [-0.3, -0.25) is 9.59 Å². The first-order chi connectivity index (χ1) is 15.0. The highest BCUT2D eigenvalue weighted by Gasteiger charge is 2.31. The van der Waals surface area contributed by atoms with Crippen LogP contribution in [0.25, 0.3) is 0 Å². The predicted octanol–water partition coefficient (Wildman–Crippen LogP) is 2.98. The number of nitrogens with one attached hydrogen (secondary N) is 2. The number of hydrogen-bond acceptors (Lipinski definition) is 6. The molecule has 2 fully saturated rings. The minimum absolute atomic E-state index is 0.0484. The highest BCUT2D eigenvalue weighted by molar-refractivity contribution is 7.99. The molecule has 0 spiro atoms. The minimum Gasteiger partial charge on any atom is -0.354 e. The number of amides is 2. The molecular formula is C21H23F2N5O2S. The lowest BCUT2D eigenvalue weighted by molar-refractivity contribution is -0.125. The third-order valence-electron chi connectivity index (χ3n) is 5.24. The van der Waals surface area contributed by atoms with E-state index in [4.69, 9.17) is 0 Å². The molecule has 2 heterocycles. The Balaban J connectivity index is 1.28. The number of rotatable bonds is 7. The van der Waals surface area contributed by atoms with Gasteiger partial charge in [-0.25, -0.2) is 8.78 Å². The van der Waals surface area contributed by atoms with Crippen LogP contribution in [0, 0.1) is 17.6 Å². The molecule has 1 saturated carbocycles. The van der Waals surface area contributed by atoms with Crippen LogP contribution in [-0.2, 0) is 9.59 Å². The Hall–Kier alpha value is -2.75. The summed E-state index contributed by atoms with van der Waals surface area (Å²) in [5.41, 5.74) is -0.458. The van der Waals surface area contributed by atoms with Crippen molar-refractivity contribution in [3.05, 3.63) is 42.0 Å². The molecule has 1 atom stereocenters. The summed E-state index contributed by atoms with van der Waals surface area (Å²) in [7, 11) is 0. The second-order valence-corrected chi connectivity index (χ2v) is 8.73. The standard InChI is InChI=1S/C21H23F2N5O2S/c22-15-4-1-5-16(23)20(15)25-18(29)12-31-19-9-8-17(26-27-19)28-10-2-3-13(11-28)21(30)24-14-6-7-14/h1,4-5,8-9,13-14H,2-3,6-7,10-12H2,(H,24,30)(H,25,29)/t13-/m0/s1. The number of thioether (sulfide) groups is 1. The molecule has 164 valence electrons. The van der Waals surface area contributed by atoms with E-state index in [1.807, 2.05) is 6.07 Å². The lowest BCUT2D eigenvalue weighted by Gasteiger charge is -2.32. The van der Waals surface area contributed by atoms with E-state index in [1.165, 1.54) is 6.07 Å². The Morgan fingerprint density at radius 1 is 1.10 bits per heavy atom. The largest absolute Gasteiger partial charge is 0.354 e. The normalized spacial score (nSPS) is 18.5. The molecule has 1 aromatic heterocycles. The monoisotopic (exact) mass is 447 g/mol. The van der Waals surface area contributed by atoms with Crippen LogP contribution in [0.5, 0.6) is 0 Å². The van der Waals surface area contributed by atoms with E-state index in [-0.39, 0.29) is 17.6 Å². The van der Waals surface area contributed by atoms with Crippen molar-refractivity contribution in [2.45, 2.75) is 36.8 Å². The first-order valence-electron chi connectivity index (χ1n) is 10.3. The summed E-state index contributed by atoms with van der Waals surface area (Å²) in [6.45, 7) is 1.42. The van der Waals surface area contributed by atoms with E-state index in [1.54, 1.807) is 6.07 Å². The van der Waals surface area contributed by atoms with Crippen LogP contribution in [-0.4, -0.2) is 46.9 Å². The first-order valence-corrected chi connectivity index (χ1v) is 11.2. The lowest BCUT2D eigenvalue weighted by Crippen LogP contribution is -2.44. The molecule has 1 aliphatic carbocycles. The van der Waals surface area contributed by atoms with Gasteiger partial charge in [0.25, 0.3) is 0 Å². The molecule has 2 amide bonds. The van der Waals surface area contributed by atoms with Crippen LogP contribution in [0.4, 0.5) is 20.3 Å². The third-order valence-corrected chi connectivity index (χ3v) is 6.16. The van der Waals surface area contributed by atoms with Gasteiger partial charge in [0.1, 0.15) is 22.3 Å². The van der Waals surface area contributed by atoms with Crippen LogP contribution in [0.2, 0.25) is 0 Å². The van der Waals surface area contributed by atoms with E-state index in [0.29, 0.717) is 23.4 Å². The van der Waals surface area contributed by atoms with Gasteiger partial charge in [0.15, 0.2) is 5.82 Å². The Morgan fingerprint density at radius 2 is 1.87 bits per heavy atom. The average Bonchev–Trinajstić information content (AvgIpc) is 3.59. The van der Waals surface area contributed by atoms with Gasteiger partial charge in [0.2, 0.25) is 11.8 Å². The Bertz CT molecular complexity index is 935. The van der Waals surface area contributed by atoms with E-state index in [9.17, 15) is 18.4 Å². The molecular weight excluding hydrogens is 424 g/mol. The van der Waals surface area contributed by atoms with E-state index < -0.39 is 23.2 Å². The molecule has 4 rings (SSSR count). The average molecular weight is 448 g/mol. The van der Waals surface area contributed by atoms with Gasteiger partial charge in [0.05, 0.1) is 11.7 Å². The third kappa shape index (κ3) is 5.69. The molecule has 0 unspecified atom stereocenters. The Morgan fingerprint density at radius 3 is 2.55 bits per heavy atom. The molecule has 31 heavy (non-hydrogen) atoms. The van der Waals surface area contributed by atoms with Crippen molar-refractivity contribution < 1.29 is 18.4 Å². The molecule has 2 N–H and O–H groups in total. The number of halogens is 2. The molecule has 2 aliphatic rings. The van der Waals surface area contributed by atoms with E-state index in [2.05, 4.69) is 25.7 Å². The predicted molar refractivity (Wildman–Crippen MR) is 114 cm³/mol. The number of piperidine rings is 1. The fourth-order valence-electron chi connectivity index (χ4n) is 3.44. The van der Waals surface area contributed by atoms with Crippen LogP contribution in [0.3, 0.4) is 0 Å². The van der Waals surface area contributed by atoms with Crippen molar-refractivity contribution in [1.29, 1.82) is 0 Å². The van der Waals surface area contributed by atoms with Crippen LogP contribution in [0.1, 0.15) is 25.7 Å². The van der Waals surface area contributed by atoms with Crippen molar-refractivity contribution >= 4 is 35.1 Å². The van der Waals surface area contributed by atoms with Gasteiger partial charge in [-0.2, -0.15) is 0 Å². The fourth-order valence-corrected chi connectivity index (χ4v) is 4.05. The second kappa shape index (κ2) is 9.59. The van der Waals surface area contributed by atoms with Crippen molar-refractivity contribution in [1.82, 2.24) is 15.5 Å². The zero-order valence-corrected chi connectivity index (χ0v) is 17.6. The van der Waals surface area contributed by atoms with Crippen LogP contribution >= 0.6 is 11.8 Å². The molecule has 0 radical (unpaired) electrons. The SMILES string of the molecule is O=C(CSc1ccc(N2CCC[C@H](C(=O)NC3CC3)C2)nn1)Nc1c(F)cccc1F. The van der Waals surface area contributed by atoms with Crippen molar-refractivity contribution in [3.63, 3.8) is 0 Å². The molecule has 7 nitrogen and oxygen atoms in total. The molecule has 2 aromatic rings. The number of hydrogen-bond donors (Lipinski definition) is 2. The van der Waals surface area contributed by atoms with Gasteiger partial charge in [0, 0.05) is 19.1 Å². The number of benzene rings is 1. The summed E-state index contributed by atoms with van der Waals surface area (Å²) >= 11 is 1.12. The molecule has 1 aromatic carbocycles. The summed E-state index contributed by atoms with van der Waals surface area (Å²) < 4.78 is 27.2. The number of para-hydroxylation sites is 1. The van der Waals surface area contributed by atoms with Gasteiger partial charge in [-0.1, -0.05) is 17.8 Å². The first kappa shape index (κ1) is 21.5. The van der Waals surface area contributed by atoms with E-state index in [0.717, 1.165) is 56.1 Å². The Labute approximate surface area is 183 Å². The second-order valence-electron chi connectivity index (χ2n) is 7.73. The van der Waals surface area contributed by atoms with Crippen molar-refractivity contribution in [2.24, 2.45) is 5.92 Å². The minimum atomic E-state index is -0.826. The summed E-state index contributed by atoms with van der Waals surface area (Å²) in [5, 5.41) is 14.2. The highest BCUT2D eigenvalue weighted by Crippen LogP contribution is 2.25. The Kier molecular flexibility index (Phi) is 6.64. The quantitative estimate of drug-likeness (QED) is 0.635. The lowest BCUT2D eigenvalue weighted by atomic mass is 9.97. The van der Waals surface area contributed by atoms with Gasteiger partial charge >= 0.3 is 0 Å². The number of anilines is 2. The fraction of sp³-hybridized carbons (Fsp3) is 0.429. The highest BCUT2D eigenvalue weighted by atomic mass is 32.2. The number of carbonyl (C=O) groups excluding carboxylic acids is 2. The van der Waals surface area contributed by atoms with Gasteiger partial charge in [-0.15, -0.1) is 10.2 Å². The number of carbonyl (C=O) groups is 2. The summed E-state index contributed by atoms with van der Waals surface area (Å²) in [5.74, 6) is -1.50. The number of nitrogens with zero attached hydrogens (tertiary/aromatic N) is 3. The maximum atomic E-state index is 13.6. The summed E-state index contributed by atoms with van der Waals surface area (Å²) in [6.07, 6.45) is 3.92. The maximum absolute atomic E-state index is 13.6. The van der Waals surface area contributed by atoms with Crippen LogP contribution < -0.4 is 15.5 Å². The smallest absolute Gasteiger partial charge is 0.234 e. The van der Waals surface area contributed by atoms with E-state index >= 15 is 0 Å². The molecule has 1 saturated heterocycles. The van der Waals surface area contributed by atoms with Crippen LogP contribution in [0.15, 0.2) is 35.4 Å². The molecule has 10 heteroatoms. The maximum Gasteiger partial charge on any atom is 0.234 e. The zero-order valence-electron chi connectivity index (χ0n) is 16.8. The number of aromatic nitrogens is 2. The zero-order chi connectivity index (χ0) is 21.8. The van der Waals surface area contributed by atoms with Crippen molar-refractivity contribution in [2.75, 3.05) is 29.1 Å². The molecule has 1 aliphatic heterocycles.